The van der Waals surface area contributed by atoms with E-state index in [1.54, 1.807) is 0 Å². The van der Waals surface area contributed by atoms with Crippen LogP contribution in [-0.4, -0.2) is 32.0 Å². The maximum Gasteiger partial charge on any atom is 0.414 e. The summed E-state index contributed by atoms with van der Waals surface area (Å²) in [6.07, 6.45) is -5.95. The predicted molar refractivity (Wildman–Crippen MR) is 44.6 cm³/mol. The predicted octanol–water partition coefficient (Wildman–Crippen LogP) is 1.95. The number of ether oxygens (including phenoxy) is 1. The van der Waals surface area contributed by atoms with Crippen molar-refractivity contribution in [3.05, 3.63) is 0 Å². The molecule has 0 aliphatic rings. The van der Waals surface area contributed by atoms with Gasteiger partial charge < -0.3 is 10.1 Å². The Morgan fingerprint density at radius 1 is 1.31 bits per heavy atom. The molecule has 0 bridgehead atoms. The summed E-state index contributed by atoms with van der Waals surface area (Å²) in [5, 5.41) is 2.90. The first-order chi connectivity index (χ1) is 5.88. The van der Waals surface area contributed by atoms with Gasteiger partial charge in [-0.2, -0.15) is 13.2 Å². The lowest BCUT2D eigenvalue weighted by molar-refractivity contribution is -0.213. The van der Waals surface area contributed by atoms with Crippen LogP contribution in [-0.2, 0) is 4.74 Å². The highest BCUT2D eigenvalue weighted by molar-refractivity contribution is 4.68. The van der Waals surface area contributed by atoms with Crippen LogP contribution in [0, 0.1) is 0 Å². The highest BCUT2D eigenvalue weighted by atomic mass is 19.4. The fraction of sp³-hybridized carbons (Fsp3) is 1.00. The van der Waals surface area contributed by atoms with Crippen molar-refractivity contribution >= 4 is 0 Å². The Balaban J connectivity index is 3.73. The van der Waals surface area contributed by atoms with Gasteiger partial charge in [0.1, 0.15) is 0 Å². The standard InChI is InChI=1S/C8H16F3NO/c1-6(2)12-5-4-7(13-3)8(9,10)11/h6-7,12H,4-5H2,1-3H3. The van der Waals surface area contributed by atoms with Crippen molar-refractivity contribution in [3.63, 3.8) is 0 Å². The molecule has 0 aromatic carbocycles. The van der Waals surface area contributed by atoms with Crippen LogP contribution >= 0.6 is 0 Å². The first-order valence-corrected chi connectivity index (χ1v) is 4.20. The zero-order valence-electron chi connectivity index (χ0n) is 8.11. The molecule has 13 heavy (non-hydrogen) atoms. The normalized spacial score (nSPS) is 15.0. The van der Waals surface area contributed by atoms with E-state index >= 15 is 0 Å². The summed E-state index contributed by atoms with van der Waals surface area (Å²) in [5.41, 5.74) is 0. The lowest BCUT2D eigenvalue weighted by Gasteiger charge is -2.19. The van der Waals surface area contributed by atoms with E-state index in [0.717, 1.165) is 7.11 Å². The van der Waals surface area contributed by atoms with Gasteiger partial charge in [-0.25, -0.2) is 0 Å². The molecule has 1 atom stereocenters. The van der Waals surface area contributed by atoms with Gasteiger partial charge in [0, 0.05) is 13.2 Å². The Morgan fingerprint density at radius 3 is 2.15 bits per heavy atom. The SMILES string of the molecule is COC(CCNC(C)C)C(F)(F)F. The summed E-state index contributed by atoms with van der Waals surface area (Å²) < 4.78 is 40.6. The van der Waals surface area contributed by atoms with Crippen molar-refractivity contribution in [2.75, 3.05) is 13.7 Å². The number of methoxy groups -OCH3 is 1. The van der Waals surface area contributed by atoms with E-state index in [9.17, 15) is 13.2 Å². The quantitative estimate of drug-likeness (QED) is 0.730. The Hall–Kier alpha value is -0.290. The Morgan fingerprint density at radius 2 is 1.85 bits per heavy atom. The second kappa shape index (κ2) is 5.44. The summed E-state index contributed by atoms with van der Waals surface area (Å²) in [4.78, 5) is 0. The minimum atomic E-state index is -4.26. The average molecular weight is 199 g/mol. The summed E-state index contributed by atoms with van der Waals surface area (Å²) in [6.45, 7) is 4.08. The molecule has 0 aromatic rings. The third-order valence-electron chi connectivity index (χ3n) is 1.61. The second-order valence-electron chi connectivity index (χ2n) is 3.16. The van der Waals surface area contributed by atoms with E-state index in [1.165, 1.54) is 0 Å². The second-order valence-corrected chi connectivity index (χ2v) is 3.16. The largest absolute Gasteiger partial charge is 0.414 e. The summed E-state index contributed by atoms with van der Waals surface area (Å²) in [6, 6.07) is 0.200. The molecule has 0 spiro atoms. The molecule has 0 saturated heterocycles. The van der Waals surface area contributed by atoms with Crippen molar-refractivity contribution < 1.29 is 17.9 Å². The molecule has 2 nitrogen and oxygen atoms in total. The zero-order valence-corrected chi connectivity index (χ0v) is 8.11. The molecule has 0 aliphatic heterocycles. The molecule has 0 rings (SSSR count). The van der Waals surface area contributed by atoms with Crippen LogP contribution in [0.25, 0.3) is 0 Å². The van der Waals surface area contributed by atoms with E-state index in [2.05, 4.69) is 10.1 Å². The molecule has 1 unspecified atom stereocenters. The van der Waals surface area contributed by atoms with E-state index < -0.39 is 12.3 Å². The first-order valence-electron chi connectivity index (χ1n) is 4.20. The van der Waals surface area contributed by atoms with Crippen LogP contribution in [0.5, 0.6) is 0 Å². The van der Waals surface area contributed by atoms with Crippen molar-refractivity contribution in [2.45, 2.75) is 38.6 Å². The smallest absolute Gasteiger partial charge is 0.372 e. The monoisotopic (exact) mass is 199 g/mol. The maximum atomic E-state index is 12.1. The van der Waals surface area contributed by atoms with Gasteiger partial charge in [0.2, 0.25) is 0 Å². The van der Waals surface area contributed by atoms with E-state index in [-0.39, 0.29) is 12.5 Å². The molecule has 0 aliphatic carbocycles. The fourth-order valence-corrected chi connectivity index (χ4v) is 0.918. The minimum absolute atomic E-state index is 0.0435. The Kier molecular flexibility index (Phi) is 5.32. The van der Waals surface area contributed by atoms with Gasteiger partial charge in [0.05, 0.1) is 0 Å². The average Bonchev–Trinajstić information content (AvgIpc) is 1.95. The highest BCUT2D eigenvalue weighted by Gasteiger charge is 2.39. The molecule has 0 aromatic heterocycles. The topological polar surface area (TPSA) is 21.3 Å². The number of alkyl halides is 3. The van der Waals surface area contributed by atoms with Crippen LogP contribution in [0.3, 0.4) is 0 Å². The van der Waals surface area contributed by atoms with Gasteiger partial charge in [-0.05, 0) is 13.0 Å². The fourth-order valence-electron chi connectivity index (χ4n) is 0.918. The van der Waals surface area contributed by atoms with Crippen LogP contribution in [0.1, 0.15) is 20.3 Å². The molecule has 0 saturated carbocycles. The van der Waals surface area contributed by atoms with Gasteiger partial charge in [-0.3, -0.25) is 0 Å². The molecule has 1 N–H and O–H groups in total. The molecular weight excluding hydrogens is 183 g/mol. The van der Waals surface area contributed by atoms with Crippen LogP contribution < -0.4 is 5.32 Å². The number of nitrogens with one attached hydrogen (secondary N) is 1. The third-order valence-corrected chi connectivity index (χ3v) is 1.61. The van der Waals surface area contributed by atoms with Crippen molar-refractivity contribution in [1.82, 2.24) is 5.32 Å². The summed E-state index contributed by atoms with van der Waals surface area (Å²) in [5.74, 6) is 0. The van der Waals surface area contributed by atoms with Gasteiger partial charge >= 0.3 is 6.18 Å². The molecule has 5 heteroatoms. The van der Waals surface area contributed by atoms with Crippen LogP contribution in [0.4, 0.5) is 13.2 Å². The molecule has 0 fully saturated rings. The molecule has 0 radical (unpaired) electrons. The minimum Gasteiger partial charge on any atom is -0.372 e. The number of rotatable bonds is 5. The molecular formula is C8H16F3NO. The molecule has 0 heterocycles. The van der Waals surface area contributed by atoms with Crippen LogP contribution in [0.15, 0.2) is 0 Å². The van der Waals surface area contributed by atoms with Gasteiger partial charge in [0.15, 0.2) is 6.10 Å². The lowest BCUT2D eigenvalue weighted by atomic mass is 10.2. The molecule has 0 amide bonds. The van der Waals surface area contributed by atoms with Gasteiger partial charge in [0.25, 0.3) is 0 Å². The van der Waals surface area contributed by atoms with Crippen molar-refractivity contribution in [1.29, 1.82) is 0 Å². The van der Waals surface area contributed by atoms with E-state index in [1.807, 2.05) is 13.8 Å². The van der Waals surface area contributed by atoms with E-state index in [0.29, 0.717) is 6.54 Å². The summed E-state index contributed by atoms with van der Waals surface area (Å²) in [7, 11) is 1.08. The zero-order chi connectivity index (χ0) is 10.5. The highest BCUT2D eigenvalue weighted by Crippen LogP contribution is 2.24. The third kappa shape index (κ3) is 5.87. The first kappa shape index (κ1) is 12.7. The van der Waals surface area contributed by atoms with E-state index in [4.69, 9.17) is 0 Å². The molecule has 80 valence electrons. The van der Waals surface area contributed by atoms with Crippen molar-refractivity contribution in [3.8, 4) is 0 Å². The Bertz CT molecular complexity index is 136. The number of hydrogen-bond donors (Lipinski definition) is 1. The number of halogens is 3. The Labute approximate surface area is 76.5 Å². The van der Waals surface area contributed by atoms with Gasteiger partial charge in [-0.1, -0.05) is 13.8 Å². The maximum absolute atomic E-state index is 12.1. The van der Waals surface area contributed by atoms with Crippen molar-refractivity contribution in [2.24, 2.45) is 0 Å². The van der Waals surface area contributed by atoms with Gasteiger partial charge in [-0.15, -0.1) is 0 Å². The van der Waals surface area contributed by atoms with Crippen LogP contribution in [0.2, 0.25) is 0 Å². The lowest BCUT2D eigenvalue weighted by Crippen LogP contribution is -2.35. The number of hydrogen-bond acceptors (Lipinski definition) is 2. The summed E-state index contributed by atoms with van der Waals surface area (Å²) >= 11 is 0.